The van der Waals surface area contributed by atoms with E-state index in [-0.39, 0.29) is 0 Å². The lowest BCUT2D eigenvalue weighted by Gasteiger charge is -2.07. The Morgan fingerprint density at radius 1 is 0.273 bits per heavy atom. The Bertz CT molecular complexity index is 2820. The van der Waals surface area contributed by atoms with Crippen molar-refractivity contribution >= 4 is 81.4 Å². The monoisotopic (exact) mass is 558 g/mol. The summed E-state index contributed by atoms with van der Waals surface area (Å²) in [5, 5.41) is 12.6. The minimum Gasteiger partial charge on any atom is -0.309 e. The molecular weight excluding hydrogens is 532 g/mol. The third kappa shape index (κ3) is 3.04. The van der Waals surface area contributed by atoms with Gasteiger partial charge in [-0.3, -0.25) is 0 Å². The molecule has 0 fully saturated rings. The third-order valence-electron chi connectivity index (χ3n) is 9.47. The maximum atomic E-state index is 2.53. The van der Waals surface area contributed by atoms with Crippen LogP contribution in [0.1, 0.15) is 0 Å². The van der Waals surface area contributed by atoms with Crippen molar-refractivity contribution in [2.45, 2.75) is 0 Å². The second-order valence-corrected chi connectivity index (χ2v) is 11.7. The van der Waals surface area contributed by atoms with E-state index in [1.165, 1.54) is 87.1 Å². The summed E-state index contributed by atoms with van der Waals surface area (Å²) in [5.41, 5.74) is 7.29. The summed E-state index contributed by atoms with van der Waals surface area (Å²) in [7, 11) is 0. The number of nitrogens with zero attached hydrogens (tertiary/aromatic N) is 2. The molecule has 44 heavy (non-hydrogen) atoms. The predicted octanol–water partition coefficient (Wildman–Crippen LogP) is 11.4. The Morgan fingerprint density at radius 2 is 0.750 bits per heavy atom. The summed E-state index contributed by atoms with van der Waals surface area (Å²) in [4.78, 5) is 0. The van der Waals surface area contributed by atoms with E-state index in [1.807, 2.05) is 0 Å². The molecule has 0 bridgehead atoms. The molecule has 0 aliphatic heterocycles. The van der Waals surface area contributed by atoms with Crippen LogP contribution in [-0.2, 0) is 0 Å². The molecular formula is C42H26N2. The minimum atomic E-state index is 1.17. The lowest BCUT2D eigenvalue weighted by molar-refractivity contribution is 1.18. The summed E-state index contributed by atoms with van der Waals surface area (Å²) < 4.78 is 4.95. The highest BCUT2D eigenvalue weighted by molar-refractivity contribution is 6.32. The Labute approximate surface area is 253 Å². The topological polar surface area (TPSA) is 9.34 Å². The normalized spacial score (nSPS) is 12.1. The molecule has 10 aromatic rings. The molecule has 2 nitrogen and oxygen atoms in total. The number of hydrogen-bond acceptors (Lipinski definition) is 0. The number of fused-ring (bicyclic) bond motifs is 14. The van der Waals surface area contributed by atoms with Crippen LogP contribution in [0.4, 0.5) is 0 Å². The third-order valence-corrected chi connectivity index (χ3v) is 9.47. The van der Waals surface area contributed by atoms with Crippen molar-refractivity contribution in [1.29, 1.82) is 0 Å². The van der Waals surface area contributed by atoms with Crippen molar-refractivity contribution in [3.05, 3.63) is 158 Å². The van der Waals surface area contributed by atoms with E-state index < -0.39 is 0 Å². The number of benzene rings is 7. The number of hydrogen-bond donors (Lipinski definition) is 0. The molecule has 2 heteroatoms. The standard InChI is InChI=1S/C42H26N2/c1-2-13-27(14-3-1)43-37-24-11-9-20-34(37)40-38(43)25-26-39-41(40)35-22-12-21-33-31-18-7-5-16-29(31)28-15-4-6-17-30(28)32-19-8-10-23-36(32)44(39)42(33)35/h1-26H. The summed E-state index contributed by atoms with van der Waals surface area (Å²) >= 11 is 0. The highest BCUT2D eigenvalue weighted by atomic mass is 15.0. The molecule has 0 saturated carbocycles. The lowest BCUT2D eigenvalue weighted by atomic mass is 10.00. The Hall–Kier alpha value is -5.86. The van der Waals surface area contributed by atoms with Crippen molar-refractivity contribution in [3.8, 4) is 5.69 Å². The van der Waals surface area contributed by atoms with Crippen LogP contribution >= 0.6 is 0 Å². The first-order valence-corrected chi connectivity index (χ1v) is 15.2. The Morgan fingerprint density at radius 3 is 1.48 bits per heavy atom. The summed E-state index contributed by atoms with van der Waals surface area (Å²) in [6.45, 7) is 0. The Kier molecular flexibility index (Phi) is 4.75. The van der Waals surface area contributed by atoms with Gasteiger partial charge < -0.3 is 8.97 Å². The zero-order valence-electron chi connectivity index (χ0n) is 23.9. The zero-order valence-corrected chi connectivity index (χ0v) is 23.9. The molecule has 204 valence electrons. The average Bonchev–Trinajstić information content (AvgIpc) is 3.62. The quantitative estimate of drug-likeness (QED) is 0.190. The molecule has 0 unspecified atom stereocenters. The van der Waals surface area contributed by atoms with Gasteiger partial charge in [-0.1, -0.05) is 121 Å². The molecule has 10 rings (SSSR count). The van der Waals surface area contributed by atoms with Gasteiger partial charge in [0.05, 0.1) is 27.6 Å². The first-order valence-electron chi connectivity index (χ1n) is 15.2. The highest BCUT2D eigenvalue weighted by Crippen LogP contribution is 2.44. The minimum absolute atomic E-state index is 1.17. The van der Waals surface area contributed by atoms with Gasteiger partial charge in [0.15, 0.2) is 0 Å². The molecule has 0 aliphatic carbocycles. The molecule has 0 aliphatic rings. The molecule has 0 amide bonds. The number of aromatic nitrogens is 2. The zero-order chi connectivity index (χ0) is 28.8. The van der Waals surface area contributed by atoms with Crippen molar-refractivity contribution in [2.75, 3.05) is 0 Å². The van der Waals surface area contributed by atoms with E-state index in [1.54, 1.807) is 0 Å². The molecule has 0 spiro atoms. The van der Waals surface area contributed by atoms with Crippen LogP contribution in [0.3, 0.4) is 0 Å². The SMILES string of the molecule is c1ccc(-n2c3ccccc3c3c4c5cccc6c7ccccc7c7ccccc7c7ccccc7n(c4ccc32)c65)cc1. The average molecular weight is 559 g/mol. The summed E-state index contributed by atoms with van der Waals surface area (Å²) in [6, 6.07) is 57.8. The second-order valence-electron chi connectivity index (χ2n) is 11.7. The molecule has 0 radical (unpaired) electrons. The van der Waals surface area contributed by atoms with Crippen molar-refractivity contribution in [2.24, 2.45) is 0 Å². The van der Waals surface area contributed by atoms with Gasteiger partial charge in [-0.2, -0.15) is 0 Å². The van der Waals surface area contributed by atoms with Crippen LogP contribution in [0.5, 0.6) is 0 Å². The van der Waals surface area contributed by atoms with Crippen LogP contribution in [0.2, 0.25) is 0 Å². The largest absolute Gasteiger partial charge is 0.309 e. The van der Waals surface area contributed by atoms with Crippen LogP contribution in [0, 0.1) is 0 Å². The number of para-hydroxylation sites is 4. The fourth-order valence-corrected chi connectivity index (χ4v) is 7.74. The van der Waals surface area contributed by atoms with E-state index in [0.717, 1.165) is 0 Å². The van der Waals surface area contributed by atoms with Gasteiger partial charge in [0.1, 0.15) is 0 Å². The van der Waals surface area contributed by atoms with Gasteiger partial charge in [0, 0.05) is 38.0 Å². The van der Waals surface area contributed by atoms with E-state index in [2.05, 4.69) is 167 Å². The first kappa shape index (κ1) is 23.7. The summed E-state index contributed by atoms with van der Waals surface area (Å²) in [6.07, 6.45) is 0. The van der Waals surface area contributed by atoms with E-state index in [4.69, 9.17) is 0 Å². The van der Waals surface area contributed by atoms with Gasteiger partial charge in [0.25, 0.3) is 0 Å². The molecule has 7 aromatic carbocycles. The van der Waals surface area contributed by atoms with E-state index >= 15 is 0 Å². The molecule has 0 saturated heterocycles. The van der Waals surface area contributed by atoms with Gasteiger partial charge in [-0.25, -0.2) is 0 Å². The molecule has 0 atom stereocenters. The molecule has 3 aromatic heterocycles. The van der Waals surface area contributed by atoms with Crippen molar-refractivity contribution in [3.63, 3.8) is 0 Å². The summed E-state index contributed by atoms with van der Waals surface area (Å²) in [5.74, 6) is 0. The van der Waals surface area contributed by atoms with Gasteiger partial charge in [-0.15, -0.1) is 0 Å². The lowest BCUT2D eigenvalue weighted by Crippen LogP contribution is -1.92. The van der Waals surface area contributed by atoms with E-state index in [9.17, 15) is 0 Å². The van der Waals surface area contributed by atoms with Crippen molar-refractivity contribution < 1.29 is 0 Å². The first-order chi connectivity index (χ1) is 21.9. The maximum Gasteiger partial charge on any atom is 0.0620 e. The van der Waals surface area contributed by atoms with Crippen LogP contribution in [0.25, 0.3) is 87.1 Å². The van der Waals surface area contributed by atoms with Crippen LogP contribution in [0.15, 0.2) is 158 Å². The fourth-order valence-electron chi connectivity index (χ4n) is 7.74. The molecule has 3 heterocycles. The van der Waals surface area contributed by atoms with Crippen molar-refractivity contribution in [1.82, 2.24) is 8.97 Å². The van der Waals surface area contributed by atoms with Gasteiger partial charge in [0.2, 0.25) is 0 Å². The van der Waals surface area contributed by atoms with Gasteiger partial charge in [-0.05, 0) is 57.9 Å². The number of rotatable bonds is 1. The van der Waals surface area contributed by atoms with Gasteiger partial charge >= 0.3 is 0 Å². The van der Waals surface area contributed by atoms with Crippen LogP contribution in [-0.4, -0.2) is 8.97 Å². The second kappa shape index (κ2) is 8.82. The Balaban J connectivity index is 1.58. The molecule has 0 N–H and O–H groups in total. The maximum absolute atomic E-state index is 2.53. The van der Waals surface area contributed by atoms with E-state index in [0.29, 0.717) is 0 Å². The predicted molar refractivity (Wildman–Crippen MR) is 188 cm³/mol. The smallest absolute Gasteiger partial charge is 0.0620 e. The highest BCUT2D eigenvalue weighted by Gasteiger charge is 2.20. The van der Waals surface area contributed by atoms with Crippen LogP contribution < -0.4 is 0 Å². The fraction of sp³-hybridized carbons (Fsp3) is 0.